The summed E-state index contributed by atoms with van der Waals surface area (Å²) in [4.78, 5) is 22.6. The highest BCUT2D eigenvalue weighted by molar-refractivity contribution is 7.89. The Hall–Kier alpha value is -1.97. The van der Waals surface area contributed by atoms with Crippen molar-refractivity contribution in [2.45, 2.75) is 11.8 Å². The van der Waals surface area contributed by atoms with Crippen LogP contribution in [0.4, 0.5) is 5.69 Å². The minimum atomic E-state index is -3.69. The van der Waals surface area contributed by atoms with Crippen LogP contribution in [0, 0.1) is 0 Å². The summed E-state index contributed by atoms with van der Waals surface area (Å²) < 4.78 is 26.3. The van der Waals surface area contributed by atoms with Crippen molar-refractivity contribution in [1.82, 2.24) is 10.0 Å². The smallest absolute Gasteiger partial charge is 0.243 e. The van der Waals surface area contributed by atoms with Crippen molar-refractivity contribution in [3.8, 4) is 0 Å². The first-order chi connectivity index (χ1) is 9.90. The number of hydrogen-bond acceptors (Lipinski definition) is 5. The molecule has 0 aliphatic carbocycles. The van der Waals surface area contributed by atoms with Crippen molar-refractivity contribution in [3.05, 3.63) is 24.3 Å². The van der Waals surface area contributed by atoms with Crippen LogP contribution in [0.25, 0.3) is 0 Å². The Bertz CT molecular complexity index is 615. The average Bonchev–Trinajstić information content (AvgIpc) is 2.45. The highest BCUT2D eigenvalue weighted by atomic mass is 32.2. The van der Waals surface area contributed by atoms with Gasteiger partial charge in [-0.15, -0.1) is 0 Å². The van der Waals surface area contributed by atoms with Crippen LogP contribution in [0.3, 0.4) is 0 Å². The molecule has 116 valence electrons. The lowest BCUT2D eigenvalue weighted by molar-refractivity contribution is -0.123. The van der Waals surface area contributed by atoms with E-state index in [1.807, 2.05) is 0 Å². The number of para-hydroxylation sites is 1. The van der Waals surface area contributed by atoms with Crippen LogP contribution in [0.2, 0.25) is 0 Å². The third kappa shape index (κ3) is 5.14. The lowest BCUT2D eigenvalue weighted by Gasteiger charge is -2.12. The Morgan fingerprint density at radius 2 is 1.86 bits per heavy atom. The minimum Gasteiger partial charge on any atom is -0.346 e. The molecule has 0 radical (unpaired) electrons. The fraction of sp³-hybridized carbons (Fsp3) is 0.333. The summed E-state index contributed by atoms with van der Waals surface area (Å²) in [6.45, 7) is 1.38. The summed E-state index contributed by atoms with van der Waals surface area (Å²) in [5.74, 6) is -1.02. The molecular formula is C12H18N4O4S. The quantitative estimate of drug-likeness (QED) is 0.513. The van der Waals surface area contributed by atoms with Gasteiger partial charge in [-0.2, -0.15) is 0 Å². The summed E-state index contributed by atoms with van der Waals surface area (Å²) in [5, 5.41) is 4.74. The fourth-order valence-electron chi connectivity index (χ4n) is 1.52. The molecule has 0 unspecified atom stereocenters. The second-order valence-corrected chi connectivity index (χ2v) is 5.76. The minimum absolute atomic E-state index is 0.0367. The van der Waals surface area contributed by atoms with E-state index in [9.17, 15) is 18.0 Å². The Kier molecular flexibility index (Phi) is 6.28. The third-order valence-electron chi connectivity index (χ3n) is 2.42. The van der Waals surface area contributed by atoms with Gasteiger partial charge in [-0.3, -0.25) is 9.59 Å². The summed E-state index contributed by atoms with van der Waals surface area (Å²) in [5.41, 5.74) is 5.24. The van der Waals surface area contributed by atoms with E-state index in [1.54, 1.807) is 19.1 Å². The van der Waals surface area contributed by atoms with Gasteiger partial charge in [0.05, 0.1) is 18.8 Å². The van der Waals surface area contributed by atoms with Gasteiger partial charge in [-0.05, 0) is 12.1 Å². The molecule has 5 N–H and O–H groups in total. The molecule has 0 aromatic heterocycles. The number of rotatable bonds is 7. The van der Waals surface area contributed by atoms with Gasteiger partial charge in [0.2, 0.25) is 21.8 Å². The molecule has 1 aromatic rings. The lowest BCUT2D eigenvalue weighted by atomic mass is 10.3. The maximum atomic E-state index is 12.0. The van der Waals surface area contributed by atoms with Gasteiger partial charge >= 0.3 is 0 Å². The maximum Gasteiger partial charge on any atom is 0.243 e. The summed E-state index contributed by atoms with van der Waals surface area (Å²) in [6.07, 6.45) is 0. The number of nitrogens with one attached hydrogen (secondary N) is 3. The topological polar surface area (TPSA) is 130 Å². The standard InChI is InChI=1S/C12H18N4O4S/c1-2-15-21(19,20)10-6-4-3-5-9(10)16-12(18)8-14-11(17)7-13/h3-6,15H,2,7-8,13H2,1H3,(H,14,17)(H,16,18). The van der Waals surface area contributed by atoms with Crippen LogP contribution >= 0.6 is 0 Å². The van der Waals surface area contributed by atoms with Crippen molar-refractivity contribution in [3.63, 3.8) is 0 Å². The first-order valence-electron chi connectivity index (χ1n) is 6.26. The second-order valence-electron chi connectivity index (χ2n) is 4.03. The molecule has 0 fully saturated rings. The molecule has 1 rings (SSSR count). The predicted molar refractivity (Wildman–Crippen MR) is 78.0 cm³/mol. The third-order valence-corrected chi connectivity index (χ3v) is 4.02. The molecule has 8 nitrogen and oxygen atoms in total. The van der Waals surface area contributed by atoms with Gasteiger partial charge in [0.15, 0.2) is 0 Å². The van der Waals surface area contributed by atoms with Gasteiger partial charge in [0.1, 0.15) is 4.90 Å². The van der Waals surface area contributed by atoms with E-state index in [0.29, 0.717) is 0 Å². The number of nitrogens with two attached hydrogens (primary N) is 1. The molecule has 1 aromatic carbocycles. The zero-order valence-corrected chi connectivity index (χ0v) is 12.4. The number of anilines is 1. The fourth-order valence-corrected chi connectivity index (χ4v) is 2.72. The number of carbonyl (C=O) groups is 2. The number of sulfonamides is 1. The first-order valence-corrected chi connectivity index (χ1v) is 7.74. The van der Waals surface area contributed by atoms with Crippen LogP contribution in [0.15, 0.2) is 29.2 Å². The normalized spacial score (nSPS) is 11.0. The number of benzene rings is 1. The summed E-state index contributed by atoms with van der Waals surface area (Å²) in [7, 11) is -3.69. The Balaban J connectivity index is 2.85. The molecular weight excluding hydrogens is 296 g/mol. The average molecular weight is 314 g/mol. The number of amides is 2. The van der Waals surface area contributed by atoms with Crippen molar-refractivity contribution in [2.75, 3.05) is 25.0 Å². The molecule has 0 saturated carbocycles. The zero-order chi connectivity index (χ0) is 15.9. The molecule has 0 atom stereocenters. The lowest BCUT2D eigenvalue weighted by Crippen LogP contribution is -2.36. The Labute approximate surface area is 123 Å². The van der Waals surface area contributed by atoms with Crippen LogP contribution in [-0.2, 0) is 19.6 Å². The van der Waals surface area contributed by atoms with E-state index < -0.39 is 21.8 Å². The van der Waals surface area contributed by atoms with Crippen molar-refractivity contribution < 1.29 is 18.0 Å². The van der Waals surface area contributed by atoms with Crippen molar-refractivity contribution in [2.24, 2.45) is 5.73 Å². The van der Waals surface area contributed by atoms with Crippen LogP contribution in [0.5, 0.6) is 0 Å². The highest BCUT2D eigenvalue weighted by Gasteiger charge is 2.18. The Morgan fingerprint density at radius 1 is 1.19 bits per heavy atom. The predicted octanol–water partition coefficient (Wildman–Crippen LogP) is -1.00. The molecule has 0 spiro atoms. The highest BCUT2D eigenvalue weighted by Crippen LogP contribution is 2.20. The number of hydrogen-bond donors (Lipinski definition) is 4. The molecule has 9 heteroatoms. The molecule has 0 aliphatic rings. The molecule has 0 saturated heterocycles. The van der Waals surface area contributed by atoms with Gasteiger partial charge < -0.3 is 16.4 Å². The number of carbonyl (C=O) groups excluding carboxylic acids is 2. The van der Waals surface area contributed by atoms with E-state index in [-0.39, 0.29) is 30.2 Å². The molecule has 0 heterocycles. The van der Waals surface area contributed by atoms with E-state index >= 15 is 0 Å². The van der Waals surface area contributed by atoms with E-state index in [0.717, 1.165) is 0 Å². The Morgan fingerprint density at radius 3 is 2.48 bits per heavy atom. The summed E-state index contributed by atoms with van der Waals surface area (Å²) >= 11 is 0. The van der Waals surface area contributed by atoms with Crippen molar-refractivity contribution in [1.29, 1.82) is 0 Å². The van der Waals surface area contributed by atoms with E-state index in [4.69, 9.17) is 5.73 Å². The van der Waals surface area contributed by atoms with Gasteiger partial charge in [0.25, 0.3) is 0 Å². The SMILES string of the molecule is CCNS(=O)(=O)c1ccccc1NC(=O)CNC(=O)CN. The van der Waals surface area contributed by atoms with Crippen LogP contribution in [-0.4, -0.2) is 39.9 Å². The van der Waals surface area contributed by atoms with Crippen LogP contribution in [0.1, 0.15) is 6.92 Å². The van der Waals surface area contributed by atoms with E-state index in [1.165, 1.54) is 12.1 Å². The maximum absolute atomic E-state index is 12.0. The monoisotopic (exact) mass is 314 g/mol. The zero-order valence-electron chi connectivity index (χ0n) is 11.5. The first kappa shape index (κ1) is 17.1. The van der Waals surface area contributed by atoms with Gasteiger partial charge in [-0.25, -0.2) is 13.1 Å². The molecule has 21 heavy (non-hydrogen) atoms. The molecule has 0 bridgehead atoms. The van der Waals surface area contributed by atoms with E-state index in [2.05, 4.69) is 15.4 Å². The largest absolute Gasteiger partial charge is 0.346 e. The van der Waals surface area contributed by atoms with Crippen molar-refractivity contribution >= 4 is 27.5 Å². The van der Waals surface area contributed by atoms with Crippen LogP contribution < -0.4 is 21.1 Å². The van der Waals surface area contributed by atoms with Gasteiger partial charge in [-0.1, -0.05) is 19.1 Å². The second kappa shape index (κ2) is 7.72. The molecule has 0 aliphatic heterocycles. The molecule has 2 amide bonds. The van der Waals surface area contributed by atoms with Gasteiger partial charge in [0, 0.05) is 6.54 Å². The summed E-state index contributed by atoms with van der Waals surface area (Å²) in [6, 6.07) is 5.99.